The summed E-state index contributed by atoms with van der Waals surface area (Å²) in [4.78, 5) is 54.3. The zero-order valence-electron chi connectivity index (χ0n) is 18.9. The smallest absolute Gasteiger partial charge is 0.341 e. The monoisotopic (exact) mass is 476 g/mol. The van der Waals surface area contributed by atoms with E-state index < -0.39 is 29.7 Å². The van der Waals surface area contributed by atoms with Crippen LogP contribution in [0.25, 0.3) is 0 Å². The number of carbonyl (C=O) groups excluding carboxylic acids is 4. The van der Waals surface area contributed by atoms with E-state index in [0.717, 1.165) is 15.3 Å². The van der Waals surface area contributed by atoms with Crippen LogP contribution < -0.4 is 5.32 Å². The molecule has 0 saturated carbocycles. The molecule has 0 bridgehead atoms. The van der Waals surface area contributed by atoms with Gasteiger partial charge < -0.3 is 10.1 Å². The Morgan fingerprint density at radius 3 is 2.18 bits per heavy atom. The summed E-state index contributed by atoms with van der Waals surface area (Å²) < 4.78 is 5.14. The van der Waals surface area contributed by atoms with Crippen LogP contribution in [0, 0.1) is 0 Å². The van der Waals surface area contributed by atoms with Gasteiger partial charge in [0.05, 0.1) is 23.3 Å². The van der Waals surface area contributed by atoms with Crippen molar-refractivity contribution in [2.75, 3.05) is 11.9 Å². The second-order valence-corrected chi connectivity index (χ2v) is 8.89. The number of ether oxygens (including phenoxy) is 1. The van der Waals surface area contributed by atoms with Gasteiger partial charge in [-0.3, -0.25) is 19.3 Å². The summed E-state index contributed by atoms with van der Waals surface area (Å²) in [6, 6.07) is 16.3. The van der Waals surface area contributed by atoms with Crippen LogP contribution in [0.15, 0.2) is 60.7 Å². The van der Waals surface area contributed by atoms with Gasteiger partial charge in [0, 0.05) is 11.3 Å². The summed E-state index contributed by atoms with van der Waals surface area (Å²) >= 11 is 1.28. The zero-order valence-corrected chi connectivity index (χ0v) is 19.7. The predicted octanol–water partition coefficient (Wildman–Crippen LogP) is 4.33. The van der Waals surface area contributed by atoms with E-state index in [-0.39, 0.29) is 29.7 Å². The van der Waals surface area contributed by atoms with Crippen LogP contribution in [0.1, 0.15) is 55.4 Å². The number of esters is 1. The zero-order chi connectivity index (χ0) is 24.2. The van der Waals surface area contributed by atoms with Crippen molar-refractivity contribution < 1.29 is 23.9 Å². The molecule has 2 aromatic carbocycles. The van der Waals surface area contributed by atoms with Gasteiger partial charge >= 0.3 is 5.97 Å². The maximum Gasteiger partial charge on any atom is 0.341 e. The van der Waals surface area contributed by atoms with E-state index in [1.165, 1.54) is 11.3 Å². The lowest BCUT2D eigenvalue weighted by Gasteiger charge is -2.25. The summed E-state index contributed by atoms with van der Waals surface area (Å²) in [5, 5.41) is 3.14. The molecule has 1 aliphatic rings. The van der Waals surface area contributed by atoms with Crippen LogP contribution in [0.2, 0.25) is 0 Å². The minimum Gasteiger partial charge on any atom is -0.462 e. The number of hydrogen-bond acceptors (Lipinski definition) is 6. The molecule has 7 nitrogen and oxygen atoms in total. The Kier molecular flexibility index (Phi) is 6.88. The minimum atomic E-state index is -1.10. The Bertz CT molecular complexity index is 1220. The van der Waals surface area contributed by atoms with Crippen LogP contribution in [0.4, 0.5) is 5.00 Å². The van der Waals surface area contributed by atoms with E-state index in [0.29, 0.717) is 11.4 Å². The average molecular weight is 477 g/mol. The van der Waals surface area contributed by atoms with Gasteiger partial charge in [-0.15, -0.1) is 11.3 Å². The molecule has 0 aliphatic carbocycles. The number of fused-ring (bicyclic) bond motifs is 1. The highest BCUT2D eigenvalue weighted by molar-refractivity contribution is 7.16. The molecule has 1 atom stereocenters. The normalized spacial score (nSPS) is 13.5. The number of amides is 3. The number of imide groups is 1. The van der Waals surface area contributed by atoms with Gasteiger partial charge in [-0.25, -0.2) is 4.79 Å². The average Bonchev–Trinajstić information content (AvgIpc) is 3.37. The lowest BCUT2D eigenvalue weighted by Crippen LogP contribution is -2.48. The Labute approximate surface area is 201 Å². The number of anilines is 1. The van der Waals surface area contributed by atoms with Crippen molar-refractivity contribution in [3.05, 3.63) is 87.8 Å². The van der Waals surface area contributed by atoms with Crippen LogP contribution in [0.5, 0.6) is 0 Å². The molecule has 4 rings (SSSR count). The van der Waals surface area contributed by atoms with Crippen molar-refractivity contribution in [2.24, 2.45) is 0 Å². The molecule has 8 heteroatoms. The maximum absolute atomic E-state index is 13.6. The molecule has 0 spiro atoms. The van der Waals surface area contributed by atoms with Gasteiger partial charge in [0.2, 0.25) is 5.91 Å². The van der Waals surface area contributed by atoms with Crippen molar-refractivity contribution in [3.63, 3.8) is 0 Å². The summed E-state index contributed by atoms with van der Waals surface area (Å²) in [7, 11) is 0. The molecule has 3 aromatic rings. The van der Waals surface area contributed by atoms with Gasteiger partial charge in [-0.05, 0) is 37.1 Å². The lowest BCUT2D eigenvalue weighted by atomic mass is 10.0. The molecule has 1 aromatic heterocycles. The number of benzene rings is 2. The van der Waals surface area contributed by atoms with Gasteiger partial charge in [-0.1, -0.05) is 49.4 Å². The summed E-state index contributed by atoms with van der Waals surface area (Å²) in [6.45, 7) is 3.86. The van der Waals surface area contributed by atoms with Crippen LogP contribution >= 0.6 is 11.3 Å². The predicted molar refractivity (Wildman–Crippen MR) is 129 cm³/mol. The van der Waals surface area contributed by atoms with E-state index in [1.807, 2.05) is 37.3 Å². The van der Waals surface area contributed by atoms with Crippen molar-refractivity contribution in [3.8, 4) is 0 Å². The first-order valence-corrected chi connectivity index (χ1v) is 11.9. The second-order valence-electron chi connectivity index (χ2n) is 7.75. The third-order valence-electron chi connectivity index (χ3n) is 5.58. The Morgan fingerprint density at radius 2 is 1.59 bits per heavy atom. The molecule has 2 heterocycles. The number of hydrogen-bond donors (Lipinski definition) is 1. The maximum atomic E-state index is 13.6. The topological polar surface area (TPSA) is 92.8 Å². The Hall–Kier alpha value is -3.78. The molecule has 0 radical (unpaired) electrons. The number of nitrogens with zero attached hydrogens (tertiary/aromatic N) is 1. The number of aryl methyl sites for hydroxylation is 1. The molecule has 3 amide bonds. The molecule has 0 fully saturated rings. The van der Waals surface area contributed by atoms with Gasteiger partial charge in [0.25, 0.3) is 11.8 Å². The lowest BCUT2D eigenvalue weighted by molar-refractivity contribution is -0.119. The molecule has 174 valence electrons. The summed E-state index contributed by atoms with van der Waals surface area (Å²) in [5.74, 6) is -2.10. The first kappa shape index (κ1) is 23.4. The van der Waals surface area contributed by atoms with Crippen LogP contribution in [-0.2, 0) is 22.4 Å². The first-order chi connectivity index (χ1) is 16.4. The van der Waals surface area contributed by atoms with Gasteiger partial charge in [0.15, 0.2) is 0 Å². The number of thiophene rings is 1. The van der Waals surface area contributed by atoms with Crippen LogP contribution in [0.3, 0.4) is 0 Å². The molecular weight excluding hydrogens is 452 g/mol. The third-order valence-corrected chi connectivity index (χ3v) is 6.77. The van der Waals surface area contributed by atoms with E-state index in [1.54, 1.807) is 37.3 Å². The highest BCUT2D eigenvalue weighted by Crippen LogP contribution is 2.31. The van der Waals surface area contributed by atoms with Gasteiger partial charge in [0.1, 0.15) is 11.0 Å². The molecule has 1 N–H and O–H groups in total. The van der Waals surface area contributed by atoms with E-state index >= 15 is 0 Å². The van der Waals surface area contributed by atoms with Crippen molar-refractivity contribution in [1.29, 1.82) is 0 Å². The number of nitrogens with one attached hydrogen (secondary N) is 1. The minimum absolute atomic E-state index is 0.138. The fourth-order valence-electron chi connectivity index (χ4n) is 3.89. The number of rotatable bonds is 8. The second kappa shape index (κ2) is 10.0. The SMILES string of the molecule is CCOC(=O)c1cc(CC)sc1NC(=O)[C@@H](Cc1ccccc1)N1C(=O)c2ccccc2C1=O. The molecule has 34 heavy (non-hydrogen) atoms. The molecule has 1 aliphatic heterocycles. The molecule has 0 saturated heterocycles. The summed E-state index contributed by atoms with van der Waals surface area (Å²) in [6.07, 6.45) is 0.817. The third kappa shape index (κ3) is 4.49. The fourth-order valence-corrected chi connectivity index (χ4v) is 4.88. The largest absolute Gasteiger partial charge is 0.462 e. The molecule has 0 unspecified atom stereocenters. The van der Waals surface area contributed by atoms with E-state index in [9.17, 15) is 19.2 Å². The number of carbonyl (C=O) groups is 4. The first-order valence-electron chi connectivity index (χ1n) is 11.1. The Morgan fingerprint density at radius 1 is 0.971 bits per heavy atom. The highest BCUT2D eigenvalue weighted by Gasteiger charge is 2.43. The van der Waals surface area contributed by atoms with Crippen molar-refractivity contribution in [1.82, 2.24) is 4.90 Å². The van der Waals surface area contributed by atoms with Crippen molar-refractivity contribution >= 4 is 40.0 Å². The van der Waals surface area contributed by atoms with Gasteiger partial charge in [-0.2, -0.15) is 0 Å². The molecular formula is C26H24N2O5S. The van der Waals surface area contributed by atoms with E-state index in [4.69, 9.17) is 4.74 Å². The highest BCUT2D eigenvalue weighted by atomic mass is 32.1. The van der Waals surface area contributed by atoms with Crippen LogP contribution in [-0.4, -0.2) is 41.2 Å². The quantitative estimate of drug-likeness (QED) is 0.386. The Balaban J connectivity index is 1.69. The fraction of sp³-hybridized carbons (Fsp3) is 0.231. The van der Waals surface area contributed by atoms with E-state index in [2.05, 4.69) is 5.32 Å². The summed E-state index contributed by atoms with van der Waals surface area (Å²) in [5.41, 5.74) is 1.60. The van der Waals surface area contributed by atoms with Crippen molar-refractivity contribution in [2.45, 2.75) is 32.7 Å². The standard InChI is InChI=1S/C26H24N2O5S/c1-3-17-15-20(26(32)33-4-2)23(34-17)27-22(29)21(14-16-10-6-5-7-11-16)28-24(30)18-12-8-9-13-19(18)25(28)31/h5-13,15,21H,3-4,14H2,1-2H3,(H,27,29)/t21-/m1/s1.